The minimum atomic E-state index is -0.0286. The monoisotopic (exact) mass is 339 g/mol. The van der Waals surface area contributed by atoms with Crippen molar-refractivity contribution in [1.82, 2.24) is 14.7 Å². The summed E-state index contributed by atoms with van der Waals surface area (Å²) in [5.74, 6) is 1.11. The third-order valence-electron chi connectivity index (χ3n) is 3.80. The van der Waals surface area contributed by atoms with Gasteiger partial charge in [0.1, 0.15) is 6.54 Å². The van der Waals surface area contributed by atoms with E-state index in [9.17, 15) is 14.4 Å². The fourth-order valence-corrected chi connectivity index (χ4v) is 4.11. The van der Waals surface area contributed by atoms with Crippen molar-refractivity contribution in [3.05, 3.63) is 22.4 Å². The molecule has 0 bridgehead atoms. The number of rotatable bonds is 3. The summed E-state index contributed by atoms with van der Waals surface area (Å²) in [7, 11) is 0. The third-order valence-corrected chi connectivity index (χ3v) is 5.61. The Morgan fingerprint density at radius 2 is 1.86 bits per heavy atom. The van der Waals surface area contributed by atoms with Gasteiger partial charge in [0.2, 0.25) is 11.8 Å². The lowest BCUT2D eigenvalue weighted by atomic mass is 10.3. The summed E-state index contributed by atoms with van der Waals surface area (Å²) in [6.45, 7) is 2.32. The second-order valence-electron chi connectivity index (χ2n) is 5.22. The van der Waals surface area contributed by atoms with Crippen LogP contribution in [0.4, 0.5) is 0 Å². The number of thioether (sulfide) groups is 1. The van der Waals surface area contributed by atoms with Crippen LogP contribution in [-0.4, -0.2) is 76.8 Å². The zero-order chi connectivity index (χ0) is 15.5. The number of thiophene rings is 1. The van der Waals surface area contributed by atoms with Crippen LogP contribution in [0.1, 0.15) is 9.67 Å². The van der Waals surface area contributed by atoms with E-state index in [2.05, 4.69) is 0 Å². The molecule has 2 aliphatic rings. The molecule has 3 amide bonds. The maximum Gasteiger partial charge on any atom is 0.264 e. The van der Waals surface area contributed by atoms with E-state index in [-0.39, 0.29) is 24.3 Å². The summed E-state index contributed by atoms with van der Waals surface area (Å²) in [6, 6.07) is 3.68. The summed E-state index contributed by atoms with van der Waals surface area (Å²) in [6.07, 6.45) is 0. The van der Waals surface area contributed by atoms with Gasteiger partial charge in [0.25, 0.3) is 5.91 Å². The van der Waals surface area contributed by atoms with Gasteiger partial charge in [-0.1, -0.05) is 6.07 Å². The molecule has 118 valence electrons. The number of carbonyl (C=O) groups is 3. The molecule has 0 N–H and O–H groups in total. The Morgan fingerprint density at radius 3 is 2.45 bits per heavy atom. The van der Waals surface area contributed by atoms with Crippen LogP contribution in [-0.2, 0) is 9.59 Å². The first-order valence-electron chi connectivity index (χ1n) is 7.11. The Bertz CT molecular complexity index is 568. The number of amides is 3. The van der Waals surface area contributed by atoms with E-state index < -0.39 is 0 Å². The van der Waals surface area contributed by atoms with E-state index in [0.717, 1.165) is 4.88 Å². The zero-order valence-electron chi connectivity index (χ0n) is 12.1. The molecule has 0 aliphatic carbocycles. The number of nitrogens with zero attached hydrogens (tertiary/aromatic N) is 3. The average Bonchev–Trinajstić information content (AvgIpc) is 3.19. The highest BCUT2D eigenvalue weighted by molar-refractivity contribution is 8.00. The molecule has 3 heterocycles. The van der Waals surface area contributed by atoms with Crippen molar-refractivity contribution in [3.8, 4) is 0 Å². The fourth-order valence-electron chi connectivity index (χ4n) is 2.52. The van der Waals surface area contributed by atoms with E-state index in [0.29, 0.717) is 37.8 Å². The van der Waals surface area contributed by atoms with Crippen molar-refractivity contribution in [2.45, 2.75) is 0 Å². The molecular formula is C14H17N3O3S2. The van der Waals surface area contributed by atoms with Crippen molar-refractivity contribution >= 4 is 40.8 Å². The topological polar surface area (TPSA) is 60.9 Å². The summed E-state index contributed by atoms with van der Waals surface area (Å²) >= 11 is 2.97. The Labute approximate surface area is 137 Å². The Kier molecular flexibility index (Phi) is 4.68. The van der Waals surface area contributed by atoms with Crippen molar-refractivity contribution < 1.29 is 14.4 Å². The predicted octanol–water partition coefficient (Wildman–Crippen LogP) is 0.565. The Morgan fingerprint density at radius 1 is 1.14 bits per heavy atom. The van der Waals surface area contributed by atoms with Gasteiger partial charge >= 0.3 is 0 Å². The van der Waals surface area contributed by atoms with Gasteiger partial charge in [0, 0.05) is 26.2 Å². The van der Waals surface area contributed by atoms with Crippen LogP contribution in [0.2, 0.25) is 0 Å². The predicted molar refractivity (Wildman–Crippen MR) is 85.8 cm³/mol. The van der Waals surface area contributed by atoms with Gasteiger partial charge < -0.3 is 14.7 Å². The van der Waals surface area contributed by atoms with Crippen molar-refractivity contribution in [2.24, 2.45) is 0 Å². The van der Waals surface area contributed by atoms with Gasteiger partial charge in [-0.15, -0.1) is 23.1 Å². The van der Waals surface area contributed by atoms with E-state index in [1.165, 1.54) is 23.1 Å². The molecule has 22 heavy (non-hydrogen) atoms. The number of carbonyl (C=O) groups excluding carboxylic acids is 3. The van der Waals surface area contributed by atoms with Crippen LogP contribution >= 0.6 is 23.1 Å². The highest BCUT2D eigenvalue weighted by Crippen LogP contribution is 2.16. The molecule has 2 aliphatic heterocycles. The first kappa shape index (κ1) is 15.4. The van der Waals surface area contributed by atoms with E-state index >= 15 is 0 Å². The van der Waals surface area contributed by atoms with Gasteiger partial charge in [0.05, 0.1) is 16.5 Å². The highest BCUT2D eigenvalue weighted by Gasteiger charge is 2.28. The normalized spacial score (nSPS) is 18.9. The second kappa shape index (κ2) is 6.70. The molecule has 0 spiro atoms. The standard InChI is InChI=1S/C14H17N3O3S2/c18-12(8-17-10-21-9-13(17)19)15-3-5-16(6-4-15)14(20)11-2-1-7-22-11/h1-2,7H,3-6,8-10H2. The average molecular weight is 339 g/mol. The lowest BCUT2D eigenvalue weighted by Gasteiger charge is -2.35. The van der Waals surface area contributed by atoms with Crippen molar-refractivity contribution in [1.29, 1.82) is 0 Å². The first-order valence-corrected chi connectivity index (χ1v) is 9.14. The van der Waals surface area contributed by atoms with E-state index in [1.807, 2.05) is 17.5 Å². The molecule has 0 unspecified atom stereocenters. The molecule has 8 heteroatoms. The molecule has 0 saturated carbocycles. The number of hydrogen-bond acceptors (Lipinski definition) is 5. The first-order chi connectivity index (χ1) is 10.6. The van der Waals surface area contributed by atoms with Gasteiger partial charge in [0.15, 0.2) is 0 Å². The molecule has 0 atom stereocenters. The molecule has 0 aromatic carbocycles. The van der Waals surface area contributed by atoms with Crippen LogP contribution in [0.15, 0.2) is 17.5 Å². The SMILES string of the molecule is O=C(CN1CSCC1=O)N1CCN(C(=O)c2cccs2)CC1. The van der Waals surface area contributed by atoms with Gasteiger partial charge in [-0.05, 0) is 11.4 Å². The Balaban J connectivity index is 1.50. The van der Waals surface area contributed by atoms with Gasteiger partial charge in [-0.2, -0.15) is 0 Å². The lowest BCUT2D eigenvalue weighted by Crippen LogP contribution is -2.52. The maximum atomic E-state index is 12.2. The Hall–Kier alpha value is -1.54. The summed E-state index contributed by atoms with van der Waals surface area (Å²) in [5, 5.41) is 1.89. The number of piperazine rings is 1. The molecule has 0 radical (unpaired) electrons. The smallest absolute Gasteiger partial charge is 0.264 e. The van der Waals surface area contributed by atoms with Crippen LogP contribution in [0.5, 0.6) is 0 Å². The highest BCUT2D eigenvalue weighted by atomic mass is 32.2. The second-order valence-corrected chi connectivity index (χ2v) is 7.12. The molecule has 2 fully saturated rings. The minimum Gasteiger partial charge on any atom is -0.338 e. The quantitative estimate of drug-likeness (QED) is 0.808. The molecule has 1 aromatic heterocycles. The third kappa shape index (κ3) is 3.27. The molecule has 1 aromatic rings. The summed E-state index contributed by atoms with van der Waals surface area (Å²) < 4.78 is 0. The molecule has 2 saturated heterocycles. The molecule has 6 nitrogen and oxygen atoms in total. The van der Waals surface area contributed by atoms with Crippen LogP contribution in [0, 0.1) is 0 Å². The van der Waals surface area contributed by atoms with Gasteiger partial charge in [-0.3, -0.25) is 14.4 Å². The summed E-state index contributed by atoms with van der Waals surface area (Å²) in [4.78, 5) is 41.9. The van der Waals surface area contributed by atoms with Gasteiger partial charge in [-0.25, -0.2) is 0 Å². The van der Waals surface area contributed by atoms with Crippen molar-refractivity contribution in [3.63, 3.8) is 0 Å². The summed E-state index contributed by atoms with van der Waals surface area (Å²) in [5.41, 5.74) is 0. The van der Waals surface area contributed by atoms with Crippen LogP contribution in [0.3, 0.4) is 0 Å². The van der Waals surface area contributed by atoms with Crippen LogP contribution in [0.25, 0.3) is 0 Å². The van der Waals surface area contributed by atoms with E-state index in [1.54, 1.807) is 14.7 Å². The zero-order valence-corrected chi connectivity index (χ0v) is 13.7. The number of hydrogen-bond donors (Lipinski definition) is 0. The largest absolute Gasteiger partial charge is 0.338 e. The molecule has 3 rings (SSSR count). The van der Waals surface area contributed by atoms with Crippen LogP contribution < -0.4 is 0 Å². The van der Waals surface area contributed by atoms with Crippen molar-refractivity contribution in [2.75, 3.05) is 44.4 Å². The van der Waals surface area contributed by atoms with E-state index in [4.69, 9.17) is 0 Å². The maximum absolute atomic E-state index is 12.2. The minimum absolute atomic E-state index is 0.0286. The lowest BCUT2D eigenvalue weighted by molar-refractivity contribution is -0.138. The fraction of sp³-hybridized carbons (Fsp3) is 0.500. The molecular weight excluding hydrogens is 322 g/mol.